The smallest absolute Gasteiger partial charge is 0.261 e. The molecule has 0 bridgehead atoms. The third kappa shape index (κ3) is 5.28. The van der Waals surface area contributed by atoms with Crippen LogP contribution in [0.1, 0.15) is 33.2 Å². The SMILES string of the molecule is CCc1ccc(C(=O)N2CCN(C(=O)c3cccc(NS(=O)(=O)c4ccccc4)c3)CC2)cc1. The van der Waals surface area contributed by atoms with Gasteiger partial charge in [0, 0.05) is 43.0 Å². The minimum Gasteiger partial charge on any atom is -0.335 e. The first kappa shape index (κ1) is 23.5. The lowest BCUT2D eigenvalue weighted by Crippen LogP contribution is -2.50. The van der Waals surface area contributed by atoms with Gasteiger partial charge in [-0.15, -0.1) is 0 Å². The van der Waals surface area contributed by atoms with Crippen molar-refractivity contribution in [2.45, 2.75) is 18.2 Å². The third-order valence-electron chi connectivity index (χ3n) is 5.88. The van der Waals surface area contributed by atoms with Gasteiger partial charge in [-0.25, -0.2) is 8.42 Å². The Morgan fingerprint density at radius 1 is 0.765 bits per heavy atom. The van der Waals surface area contributed by atoms with E-state index < -0.39 is 10.0 Å². The molecule has 0 saturated carbocycles. The number of hydrogen-bond donors (Lipinski definition) is 1. The standard InChI is InChI=1S/C26H27N3O4S/c1-2-20-11-13-21(14-12-20)25(30)28-15-17-29(18-16-28)26(31)22-7-6-8-23(19-22)27-34(32,33)24-9-4-3-5-10-24/h3-14,19,27H,2,15-18H2,1H3. The van der Waals surface area contributed by atoms with Crippen molar-refractivity contribution in [3.8, 4) is 0 Å². The van der Waals surface area contributed by atoms with Crippen molar-refractivity contribution < 1.29 is 18.0 Å². The van der Waals surface area contributed by atoms with Crippen LogP contribution in [0, 0.1) is 0 Å². The first-order valence-corrected chi connectivity index (χ1v) is 12.7. The Kier molecular flexibility index (Phi) is 6.98. The lowest BCUT2D eigenvalue weighted by atomic mass is 10.1. The molecule has 1 aliphatic rings. The van der Waals surface area contributed by atoms with Crippen LogP contribution >= 0.6 is 0 Å². The maximum Gasteiger partial charge on any atom is 0.261 e. The van der Waals surface area contributed by atoms with Crippen molar-refractivity contribution in [2.24, 2.45) is 0 Å². The molecule has 0 atom stereocenters. The third-order valence-corrected chi connectivity index (χ3v) is 7.28. The largest absolute Gasteiger partial charge is 0.335 e. The Morgan fingerprint density at radius 2 is 1.35 bits per heavy atom. The van der Waals surface area contributed by atoms with E-state index in [1.807, 2.05) is 24.3 Å². The molecule has 0 spiro atoms. The van der Waals surface area contributed by atoms with Crippen molar-refractivity contribution in [1.29, 1.82) is 0 Å². The van der Waals surface area contributed by atoms with Crippen molar-refractivity contribution >= 4 is 27.5 Å². The fourth-order valence-corrected chi connectivity index (χ4v) is 4.96. The molecule has 1 N–H and O–H groups in total. The summed E-state index contributed by atoms with van der Waals surface area (Å²) in [6, 6.07) is 22.1. The topological polar surface area (TPSA) is 86.8 Å². The van der Waals surface area contributed by atoms with E-state index >= 15 is 0 Å². The van der Waals surface area contributed by atoms with Crippen LogP contribution in [-0.2, 0) is 16.4 Å². The highest BCUT2D eigenvalue weighted by Crippen LogP contribution is 2.19. The highest BCUT2D eigenvalue weighted by molar-refractivity contribution is 7.92. The Morgan fingerprint density at radius 3 is 1.94 bits per heavy atom. The van der Waals surface area contributed by atoms with Crippen LogP contribution in [0.25, 0.3) is 0 Å². The Labute approximate surface area is 200 Å². The average Bonchev–Trinajstić information content (AvgIpc) is 2.88. The van der Waals surface area contributed by atoms with Crippen molar-refractivity contribution in [3.05, 3.63) is 95.6 Å². The molecule has 3 aromatic rings. The van der Waals surface area contributed by atoms with Crippen molar-refractivity contribution in [2.75, 3.05) is 30.9 Å². The van der Waals surface area contributed by atoms with E-state index in [2.05, 4.69) is 11.6 Å². The second kappa shape index (κ2) is 10.1. The van der Waals surface area contributed by atoms with Gasteiger partial charge < -0.3 is 9.80 Å². The molecule has 0 aromatic heterocycles. The van der Waals surface area contributed by atoms with Crippen molar-refractivity contribution in [3.63, 3.8) is 0 Å². The predicted molar refractivity (Wildman–Crippen MR) is 131 cm³/mol. The zero-order chi connectivity index (χ0) is 24.1. The number of amides is 2. The summed E-state index contributed by atoms with van der Waals surface area (Å²) in [5.74, 6) is -0.229. The number of carbonyl (C=O) groups is 2. The molecule has 7 nitrogen and oxygen atoms in total. The second-order valence-electron chi connectivity index (χ2n) is 8.13. The number of hydrogen-bond acceptors (Lipinski definition) is 4. The zero-order valence-corrected chi connectivity index (χ0v) is 19.8. The number of nitrogens with zero attached hydrogens (tertiary/aromatic N) is 2. The molecule has 176 valence electrons. The Bertz CT molecular complexity index is 1270. The normalized spacial score (nSPS) is 14.0. The van der Waals surface area contributed by atoms with Gasteiger partial charge >= 0.3 is 0 Å². The number of benzene rings is 3. The van der Waals surface area contributed by atoms with E-state index in [0.717, 1.165) is 6.42 Å². The van der Waals surface area contributed by atoms with Crippen LogP contribution in [0.15, 0.2) is 83.8 Å². The van der Waals surface area contributed by atoms with Crippen molar-refractivity contribution in [1.82, 2.24) is 9.80 Å². The number of nitrogens with one attached hydrogen (secondary N) is 1. The first-order valence-electron chi connectivity index (χ1n) is 11.2. The molecular formula is C26H27N3O4S. The molecule has 3 aromatic carbocycles. The Hall–Kier alpha value is -3.65. The summed E-state index contributed by atoms with van der Waals surface area (Å²) in [6.45, 7) is 3.79. The number of aryl methyl sites for hydroxylation is 1. The van der Waals surface area contributed by atoms with Gasteiger partial charge in [-0.05, 0) is 54.4 Å². The Balaban J connectivity index is 1.39. The molecule has 1 fully saturated rings. The van der Waals surface area contributed by atoms with Crippen LogP contribution in [-0.4, -0.2) is 56.2 Å². The quantitative estimate of drug-likeness (QED) is 0.587. The number of sulfonamides is 1. The van der Waals surface area contributed by atoms with E-state index in [9.17, 15) is 18.0 Å². The molecular weight excluding hydrogens is 450 g/mol. The molecule has 8 heteroatoms. The van der Waals surface area contributed by atoms with Gasteiger partial charge in [-0.3, -0.25) is 14.3 Å². The van der Waals surface area contributed by atoms with Gasteiger partial charge in [0.25, 0.3) is 21.8 Å². The van der Waals surface area contributed by atoms with E-state index in [1.54, 1.807) is 46.2 Å². The molecule has 0 radical (unpaired) electrons. The van der Waals surface area contributed by atoms with Crippen LogP contribution in [0.4, 0.5) is 5.69 Å². The minimum atomic E-state index is -3.75. The summed E-state index contributed by atoms with van der Waals surface area (Å²) in [6.07, 6.45) is 0.921. The predicted octanol–water partition coefficient (Wildman–Crippen LogP) is 3.65. The number of rotatable bonds is 6. The summed E-state index contributed by atoms with van der Waals surface area (Å²) in [4.78, 5) is 29.4. The number of piperazine rings is 1. The summed E-state index contributed by atoms with van der Waals surface area (Å²) >= 11 is 0. The molecule has 1 heterocycles. The maximum absolute atomic E-state index is 13.0. The van der Waals surface area contributed by atoms with Crippen LogP contribution in [0.2, 0.25) is 0 Å². The summed E-state index contributed by atoms with van der Waals surface area (Å²) in [5, 5.41) is 0. The van der Waals surface area contributed by atoms with Gasteiger partial charge in [-0.2, -0.15) is 0 Å². The molecule has 2 amide bonds. The molecule has 1 saturated heterocycles. The summed E-state index contributed by atoms with van der Waals surface area (Å²) in [5.41, 5.74) is 2.54. The van der Waals surface area contributed by atoms with Gasteiger partial charge in [0.2, 0.25) is 0 Å². The highest BCUT2D eigenvalue weighted by Gasteiger charge is 2.26. The zero-order valence-electron chi connectivity index (χ0n) is 19.0. The van der Waals surface area contributed by atoms with Gasteiger partial charge in [0.05, 0.1) is 4.90 Å². The number of anilines is 1. The monoisotopic (exact) mass is 477 g/mol. The van der Waals surface area contributed by atoms with Gasteiger partial charge in [0.15, 0.2) is 0 Å². The van der Waals surface area contributed by atoms with E-state index in [1.165, 1.54) is 23.8 Å². The van der Waals surface area contributed by atoms with E-state index in [-0.39, 0.29) is 16.7 Å². The molecule has 1 aliphatic heterocycles. The van der Waals surface area contributed by atoms with Gasteiger partial charge in [0.1, 0.15) is 0 Å². The van der Waals surface area contributed by atoms with E-state index in [0.29, 0.717) is 43.0 Å². The van der Waals surface area contributed by atoms with Crippen LogP contribution in [0.5, 0.6) is 0 Å². The summed E-state index contributed by atoms with van der Waals surface area (Å²) < 4.78 is 27.7. The van der Waals surface area contributed by atoms with Crippen LogP contribution < -0.4 is 4.72 Å². The molecule has 0 unspecified atom stereocenters. The summed E-state index contributed by atoms with van der Waals surface area (Å²) in [7, 11) is -3.75. The minimum absolute atomic E-state index is 0.0351. The second-order valence-corrected chi connectivity index (χ2v) is 9.82. The molecule has 34 heavy (non-hydrogen) atoms. The molecule has 0 aliphatic carbocycles. The average molecular weight is 478 g/mol. The first-order chi connectivity index (χ1) is 16.4. The van der Waals surface area contributed by atoms with Crippen LogP contribution in [0.3, 0.4) is 0 Å². The maximum atomic E-state index is 13.0. The fraction of sp³-hybridized carbons (Fsp3) is 0.231. The highest BCUT2D eigenvalue weighted by atomic mass is 32.2. The van der Waals surface area contributed by atoms with E-state index in [4.69, 9.17) is 0 Å². The lowest BCUT2D eigenvalue weighted by Gasteiger charge is -2.35. The lowest BCUT2D eigenvalue weighted by molar-refractivity contribution is 0.0535. The molecule has 4 rings (SSSR count). The fourth-order valence-electron chi connectivity index (χ4n) is 3.89. The van der Waals surface area contributed by atoms with Gasteiger partial charge in [-0.1, -0.05) is 43.3 Å². The number of carbonyl (C=O) groups excluding carboxylic acids is 2.